The van der Waals surface area contributed by atoms with Crippen molar-refractivity contribution in [2.75, 3.05) is 33.3 Å². The first-order chi connectivity index (χ1) is 12.6. The van der Waals surface area contributed by atoms with Gasteiger partial charge in [-0.05, 0) is 69.9 Å². The highest BCUT2D eigenvalue weighted by atomic mass is 16.5. The number of benzene rings is 1. The number of piperidine rings is 1. The highest BCUT2D eigenvalue weighted by molar-refractivity contribution is 5.98. The van der Waals surface area contributed by atoms with Gasteiger partial charge < -0.3 is 15.0 Å². The van der Waals surface area contributed by atoms with Crippen molar-refractivity contribution in [3.63, 3.8) is 0 Å². The van der Waals surface area contributed by atoms with E-state index in [1.165, 1.54) is 25.9 Å². The van der Waals surface area contributed by atoms with Crippen molar-refractivity contribution in [3.05, 3.63) is 35.5 Å². The van der Waals surface area contributed by atoms with Crippen molar-refractivity contribution in [2.24, 2.45) is 5.92 Å². The number of likely N-dealkylation sites (tertiary alicyclic amines) is 1. The van der Waals surface area contributed by atoms with Gasteiger partial charge in [-0.25, -0.2) is 0 Å². The van der Waals surface area contributed by atoms with E-state index in [-0.39, 0.29) is 5.91 Å². The minimum Gasteiger partial charge on any atom is -0.497 e. The van der Waals surface area contributed by atoms with Crippen LogP contribution in [0.25, 0.3) is 10.9 Å². The summed E-state index contributed by atoms with van der Waals surface area (Å²) in [7, 11) is 1.64. The molecule has 26 heavy (non-hydrogen) atoms. The largest absolute Gasteiger partial charge is 0.497 e. The van der Waals surface area contributed by atoms with E-state index in [1.807, 2.05) is 31.2 Å². The monoisotopic (exact) mass is 355 g/mol. The van der Waals surface area contributed by atoms with Gasteiger partial charge in [0.15, 0.2) is 0 Å². The second-order valence-corrected chi connectivity index (χ2v) is 7.31. The predicted octanol–water partition coefficient (Wildman–Crippen LogP) is 3.40. The fourth-order valence-electron chi connectivity index (χ4n) is 3.49. The van der Waals surface area contributed by atoms with Crippen LogP contribution in [0.2, 0.25) is 0 Å². The zero-order valence-electron chi connectivity index (χ0n) is 16.0. The molecule has 2 heterocycles. The van der Waals surface area contributed by atoms with E-state index in [0.29, 0.717) is 12.1 Å². The molecular weight excluding hydrogens is 326 g/mol. The number of nitrogens with zero attached hydrogens (tertiary/aromatic N) is 2. The maximum absolute atomic E-state index is 12.5. The number of methoxy groups -OCH3 is 1. The lowest BCUT2D eigenvalue weighted by Crippen LogP contribution is -2.35. The van der Waals surface area contributed by atoms with E-state index in [9.17, 15) is 4.79 Å². The average Bonchev–Trinajstić information content (AvgIpc) is 2.65. The first-order valence-electron chi connectivity index (χ1n) is 9.53. The van der Waals surface area contributed by atoms with Gasteiger partial charge in [-0.1, -0.05) is 6.92 Å². The SMILES string of the molecule is COc1ccc2cc(C(=O)NCCCN3CCC(C)CC3)c(C)nc2c1. The molecule has 1 N–H and O–H groups in total. The van der Waals surface area contributed by atoms with Crippen LogP contribution in [-0.4, -0.2) is 49.1 Å². The molecule has 1 amide bonds. The maximum Gasteiger partial charge on any atom is 0.253 e. The molecule has 3 rings (SSSR count). The third-order valence-corrected chi connectivity index (χ3v) is 5.27. The van der Waals surface area contributed by atoms with E-state index >= 15 is 0 Å². The van der Waals surface area contributed by atoms with Gasteiger partial charge in [0.2, 0.25) is 0 Å². The number of carbonyl (C=O) groups is 1. The number of fused-ring (bicyclic) bond motifs is 1. The first-order valence-corrected chi connectivity index (χ1v) is 9.53. The molecule has 5 nitrogen and oxygen atoms in total. The molecule has 1 aliphatic heterocycles. The summed E-state index contributed by atoms with van der Waals surface area (Å²) in [6.45, 7) is 8.33. The number of rotatable bonds is 6. The van der Waals surface area contributed by atoms with Gasteiger partial charge in [-0.2, -0.15) is 0 Å². The molecule has 0 aliphatic carbocycles. The van der Waals surface area contributed by atoms with Crippen molar-refractivity contribution in [1.29, 1.82) is 0 Å². The highest BCUT2D eigenvalue weighted by Gasteiger charge is 2.15. The molecule has 5 heteroatoms. The van der Waals surface area contributed by atoms with Gasteiger partial charge in [-0.3, -0.25) is 9.78 Å². The number of aryl methyl sites for hydroxylation is 1. The van der Waals surface area contributed by atoms with Crippen LogP contribution in [-0.2, 0) is 0 Å². The molecule has 0 unspecified atom stereocenters. The third-order valence-electron chi connectivity index (χ3n) is 5.27. The molecule has 0 atom stereocenters. The van der Waals surface area contributed by atoms with Crippen LogP contribution in [0.4, 0.5) is 0 Å². The van der Waals surface area contributed by atoms with Gasteiger partial charge in [0.1, 0.15) is 5.75 Å². The molecule has 1 fully saturated rings. The number of hydrogen-bond donors (Lipinski definition) is 1. The topological polar surface area (TPSA) is 54.5 Å². The van der Waals surface area contributed by atoms with Crippen molar-refractivity contribution >= 4 is 16.8 Å². The molecule has 1 saturated heterocycles. The molecule has 0 bridgehead atoms. The van der Waals surface area contributed by atoms with Crippen LogP contribution < -0.4 is 10.1 Å². The lowest BCUT2D eigenvalue weighted by molar-refractivity contribution is 0.0949. The Kier molecular flexibility index (Phi) is 6.09. The summed E-state index contributed by atoms with van der Waals surface area (Å²) in [5.74, 6) is 1.59. The average molecular weight is 355 g/mol. The summed E-state index contributed by atoms with van der Waals surface area (Å²) in [5, 5.41) is 3.99. The molecular formula is C21H29N3O2. The lowest BCUT2D eigenvalue weighted by atomic mass is 9.99. The Morgan fingerprint density at radius 1 is 1.31 bits per heavy atom. The number of ether oxygens (including phenoxy) is 1. The molecule has 1 aromatic heterocycles. The molecule has 1 aromatic carbocycles. The summed E-state index contributed by atoms with van der Waals surface area (Å²) in [4.78, 5) is 19.6. The zero-order valence-corrected chi connectivity index (χ0v) is 16.0. The van der Waals surface area contributed by atoms with Gasteiger partial charge in [0.05, 0.1) is 23.9 Å². The number of carbonyl (C=O) groups excluding carboxylic acids is 1. The Morgan fingerprint density at radius 3 is 2.81 bits per heavy atom. The molecule has 2 aromatic rings. The molecule has 140 valence electrons. The Balaban J connectivity index is 1.55. The lowest BCUT2D eigenvalue weighted by Gasteiger charge is -2.30. The summed E-state index contributed by atoms with van der Waals surface area (Å²) in [6.07, 6.45) is 3.57. The minimum atomic E-state index is -0.0417. The van der Waals surface area contributed by atoms with E-state index in [1.54, 1.807) is 7.11 Å². The second-order valence-electron chi connectivity index (χ2n) is 7.31. The molecule has 0 radical (unpaired) electrons. The van der Waals surface area contributed by atoms with Crippen molar-refractivity contribution < 1.29 is 9.53 Å². The fourth-order valence-corrected chi connectivity index (χ4v) is 3.49. The van der Waals surface area contributed by atoms with Crippen LogP contribution in [0.1, 0.15) is 42.2 Å². The first kappa shape index (κ1) is 18.6. The number of pyridine rings is 1. The normalized spacial score (nSPS) is 16.0. The number of amides is 1. The van der Waals surface area contributed by atoms with Crippen LogP contribution in [0.15, 0.2) is 24.3 Å². The Labute approximate surface area is 155 Å². The highest BCUT2D eigenvalue weighted by Crippen LogP contribution is 2.21. The quantitative estimate of drug-likeness (QED) is 0.807. The fraction of sp³-hybridized carbons (Fsp3) is 0.524. The van der Waals surface area contributed by atoms with Crippen molar-refractivity contribution in [1.82, 2.24) is 15.2 Å². The number of nitrogens with one attached hydrogen (secondary N) is 1. The van der Waals surface area contributed by atoms with E-state index in [4.69, 9.17) is 4.74 Å². The summed E-state index contributed by atoms with van der Waals surface area (Å²) in [5.41, 5.74) is 2.24. The van der Waals surface area contributed by atoms with Crippen molar-refractivity contribution in [3.8, 4) is 5.75 Å². The summed E-state index contributed by atoms with van der Waals surface area (Å²) < 4.78 is 5.24. The predicted molar refractivity (Wildman–Crippen MR) is 105 cm³/mol. The second kappa shape index (κ2) is 8.49. The third kappa shape index (κ3) is 4.52. The van der Waals surface area contributed by atoms with E-state index < -0.39 is 0 Å². The van der Waals surface area contributed by atoms with Crippen LogP contribution in [0, 0.1) is 12.8 Å². The van der Waals surface area contributed by atoms with Crippen molar-refractivity contribution in [2.45, 2.75) is 33.1 Å². The van der Waals surface area contributed by atoms with Crippen LogP contribution >= 0.6 is 0 Å². The number of hydrogen-bond acceptors (Lipinski definition) is 4. The van der Waals surface area contributed by atoms with Crippen LogP contribution in [0.5, 0.6) is 5.75 Å². The minimum absolute atomic E-state index is 0.0417. The van der Waals surface area contributed by atoms with Crippen LogP contribution in [0.3, 0.4) is 0 Å². The Hall–Kier alpha value is -2.14. The smallest absolute Gasteiger partial charge is 0.253 e. The number of aromatic nitrogens is 1. The Morgan fingerprint density at radius 2 is 2.08 bits per heavy atom. The van der Waals surface area contributed by atoms with Gasteiger partial charge in [0.25, 0.3) is 5.91 Å². The summed E-state index contributed by atoms with van der Waals surface area (Å²) >= 11 is 0. The van der Waals surface area contributed by atoms with E-state index in [0.717, 1.165) is 41.2 Å². The standard InChI is InChI=1S/C21H29N3O2/c1-15-7-11-24(12-8-15)10-4-9-22-21(25)19-13-17-5-6-18(26-3)14-20(17)23-16(19)2/h5-6,13-15H,4,7-12H2,1-3H3,(H,22,25). The zero-order chi connectivity index (χ0) is 18.5. The molecule has 0 saturated carbocycles. The maximum atomic E-state index is 12.5. The van der Waals surface area contributed by atoms with Gasteiger partial charge in [-0.15, -0.1) is 0 Å². The van der Waals surface area contributed by atoms with Gasteiger partial charge >= 0.3 is 0 Å². The molecule has 1 aliphatic rings. The Bertz CT molecular complexity index is 767. The molecule has 0 spiro atoms. The van der Waals surface area contributed by atoms with E-state index in [2.05, 4.69) is 22.1 Å². The summed E-state index contributed by atoms with van der Waals surface area (Å²) in [6, 6.07) is 7.64. The van der Waals surface area contributed by atoms with Gasteiger partial charge in [0, 0.05) is 18.0 Å².